The third kappa shape index (κ3) is 10.4. The first-order valence-corrected chi connectivity index (χ1v) is 3.41. The Morgan fingerprint density at radius 2 is 1.62 bits per heavy atom. The average molecular weight is 141 g/mol. The van der Waals surface area contributed by atoms with Crippen molar-refractivity contribution in [1.82, 2.24) is 0 Å². The monoisotopic (exact) mass is 141 g/mol. The van der Waals surface area contributed by atoms with Gasteiger partial charge in [-0.2, -0.15) is 0 Å². The van der Waals surface area contributed by atoms with Gasteiger partial charge in [-0.1, -0.05) is 0 Å². The molecule has 0 spiro atoms. The van der Waals surface area contributed by atoms with Crippen LogP contribution in [0.4, 0.5) is 0 Å². The van der Waals surface area contributed by atoms with Crippen LogP contribution in [0.5, 0.6) is 0 Å². The van der Waals surface area contributed by atoms with E-state index in [1.54, 1.807) is 0 Å². The third-order valence-electron chi connectivity index (χ3n) is 0.469. The van der Waals surface area contributed by atoms with Crippen molar-refractivity contribution in [2.75, 3.05) is 13.2 Å². The van der Waals surface area contributed by atoms with Crippen LogP contribution in [-0.4, -0.2) is 29.1 Å². The maximum absolute atomic E-state index is 4.94. The molecule has 0 unspecified atom stereocenters. The Morgan fingerprint density at radius 1 is 1.25 bits per heavy atom. The summed E-state index contributed by atoms with van der Waals surface area (Å²) in [5, 5.41) is 0. The quantitative estimate of drug-likeness (QED) is 0.324. The first-order chi connectivity index (χ1) is 3.41. The normalized spacial score (nSPS) is 7.75. The first kappa shape index (κ1) is 12.2. The molecule has 43 valence electrons. The van der Waals surface area contributed by atoms with Gasteiger partial charge in [-0.05, 0) is 13.8 Å². The summed E-state index contributed by atoms with van der Waals surface area (Å²) in [6.45, 7) is 5.47. The van der Waals surface area contributed by atoms with E-state index in [-0.39, 0.29) is 46.9 Å². The fourth-order valence-corrected chi connectivity index (χ4v) is 0.553. The molecule has 0 aliphatic carbocycles. The predicted molar refractivity (Wildman–Crippen MR) is 30.1 cm³/mol. The van der Waals surface area contributed by atoms with Crippen molar-refractivity contribution >= 4 is 15.9 Å². The molecule has 0 aromatic heterocycles. The number of hydrogen-bond acceptors (Lipinski definition) is 2. The molecule has 0 N–H and O–H groups in total. The molecular weight excluding hydrogens is 130 g/mol. The molecule has 0 saturated heterocycles. The van der Waals surface area contributed by atoms with Crippen LogP contribution >= 0.6 is 0 Å². The van der Waals surface area contributed by atoms with Crippen molar-refractivity contribution in [2.45, 2.75) is 13.8 Å². The Hall–Kier alpha value is 1.45. The zero-order valence-electron chi connectivity index (χ0n) is 6.81. The zero-order chi connectivity index (χ0) is 5.54. The van der Waals surface area contributed by atoms with Crippen LogP contribution in [0.1, 0.15) is 15.3 Å². The molecular formula is C4H11AlNaO2. The summed E-state index contributed by atoms with van der Waals surface area (Å²) in [7, 11) is 0. The van der Waals surface area contributed by atoms with Crippen molar-refractivity contribution in [3.63, 3.8) is 0 Å². The van der Waals surface area contributed by atoms with E-state index in [9.17, 15) is 0 Å². The van der Waals surface area contributed by atoms with E-state index in [0.717, 1.165) is 13.2 Å². The fraction of sp³-hybridized carbons (Fsp3) is 1.00. The van der Waals surface area contributed by atoms with Gasteiger partial charge in [0.05, 0.1) is 0 Å². The van der Waals surface area contributed by atoms with Crippen LogP contribution < -0.4 is 29.6 Å². The molecule has 0 heterocycles. The summed E-state index contributed by atoms with van der Waals surface area (Å²) in [6, 6.07) is 0. The van der Waals surface area contributed by atoms with Gasteiger partial charge in [0.2, 0.25) is 0 Å². The summed E-state index contributed by atoms with van der Waals surface area (Å²) in [5.41, 5.74) is 0. The van der Waals surface area contributed by atoms with Crippen LogP contribution in [0.3, 0.4) is 0 Å². The smallest absolute Gasteiger partial charge is 1.00 e. The van der Waals surface area contributed by atoms with Gasteiger partial charge in [-0.3, -0.25) is 0 Å². The minimum Gasteiger partial charge on any atom is -1.00 e. The summed E-state index contributed by atoms with van der Waals surface area (Å²) >= 11 is -0.178. The second-order valence-electron chi connectivity index (χ2n) is 1.01. The number of rotatable bonds is 4. The Kier molecular flexibility index (Phi) is 17.1. The van der Waals surface area contributed by atoms with Crippen molar-refractivity contribution in [3.05, 3.63) is 0 Å². The fourth-order valence-electron chi connectivity index (χ4n) is 0.184. The second kappa shape index (κ2) is 11.3. The molecule has 0 aromatic carbocycles. The van der Waals surface area contributed by atoms with Crippen molar-refractivity contribution in [3.8, 4) is 0 Å². The van der Waals surface area contributed by atoms with Gasteiger partial charge in [-0.15, -0.1) is 0 Å². The topological polar surface area (TPSA) is 18.5 Å². The van der Waals surface area contributed by atoms with Crippen molar-refractivity contribution < 1.29 is 38.6 Å². The minimum atomic E-state index is -0.178. The molecule has 0 saturated carbocycles. The molecule has 0 aliphatic rings. The van der Waals surface area contributed by atoms with E-state index in [1.165, 1.54) is 0 Å². The predicted octanol–water partition coefficient (Wildman–Crippen LogP) is -2.29. The Bertz CT molecular complexity index is 37.7. The van der Waals surface area contributed by atoms with Crippen LogP contribution in [0.25, 0.3) is 0 Å². The van der Waals surface area contributed by atoms with Crippen LogP contribution in [0, 0.1) is 0 Å². The Morgan fingerprint density at radius 3 is 1.88 bits per heavy atom. The van der Waals surface area contributed by atoms with E-state index in [2.05, 4.69) is 0 Å². The standard InChI is InChI=1S/2C2H5O.Al.Na.H/c2*1-2-3;;;/h2*2H2,1H3;;;/q2*-1;+2;+1;-1. The van der Waals surface area contributed by atoms with Gasteiger partial charge in [0.25, 0.3) is 0 Å². The van der Waals surface area contributed by atoms with Gasteiger partial charge in [0.15, 0.2) is 0 Å². The van der Waals surface area contributed by atoms with Gasteiger partial charge < -0.3 is 9.00 Å². The second-order valence-corrected chi connectivity index (χ2v) is 1.87. The summed E-state index contributed by atoms with van der Waals surface area (Å²) in [4.78, 5) is 0. The summed E-state index contributed by atoms with van der Waals surface area (Å²) in [6.07, 6.45) is 0. The molecule has 0 fully saturated rings. The van der Waals surface area contributed by atoms with Gasteiger partial charge in [0, 0.05) is 13.2 Å². The molecule has 4 heteroatoms. The van der Waals surface area contributed by atoms with Crippen LogP contribution in [0.2, 0.25) is 0 Å². The van der Waals surface area contributed by atoms with E-state index >= 15 is 0 Å². The SMILES string of the molecule is CC[O][Al][O]CC.[H-].[Na+]. The number of hydrogen-bond donors (Lipinski definition) is 0. The van der Waals surface area contributed by atoms with E-state index in [4.69, 9.17) is 7.58 Å². The molecule has 8 heavy (non-hydrogen) atoms. The van der Waals surface area contributed by atoms with Crippen molar-refractivity contribution in [2.24, 2.45) is 0 Å². The van der Waals surface area contributed by atoms with Crippen LogP contribution in [0.15, 0.2) is 0 Å². The van der Waals surface area contributed by atoms with Gasteiger partial charge >= 0.3 is 45.4 Å². The van der Waals surface area contributed by atoms with Crippen molar-refractivity contribution in [1.29, 1.82) is 0 Å². The van der Waals surface area contributed by atoms with Gasteiger partial charge in [-0.25, -0.2) is 0 Å². The molecule has 2 nitrogen and oxygen atoms in total. The van der Waals surface area contributed by atoms with E-state index in [1.807, 2.05) is 13.8 Å². The van der Waals surface area contributed by atoms with E-state index in [0.29, 0.717) is 0 Å². The third-order valence-corrected chi connectivity index (χ3v) is 1.41. The molecule has 0 atom stereocenters. The van der Waals surface area contributed by atoms with Gasteiger partial charge in [0.1, 0.15) is 0 Å². The zero-order valence-corrected chi connectivity index (χ0v) is 8.96. The van der Waals surface area contributed by atoms with E-state index < -0.39 is 0 Å². The maximum atomic E-state index is 4.94. The molecule has 1 radical (unpaired) electrons. The molecule has 0 amide bonds. The minimum absolute atomic E-state index is 0. The average Bonchev–Trinajstić information content (AvgIpc) is 1.69. The Labute approximate surface area is 81.1 Å². The molecule has 0 aliphatic heterocycles. The van der Waals surface area contributed by atoms with Crippen LogP contribution in [-0.2, 0) is 7.58 Å². The molecule has 0 rings (SSSR count). The summed E-state index contributed by atoms with van der Waals surface area (Å²) in [5.74, 6) is 0. The molecule has 0 aromatic rings. The molecule has 0 bridgehead atoms. The maximum Gasteiger partial charge on any atom is 1.00 e. The first-order valence-electron chi connectivity index (χ1n) is 2.46. The Balaban J connectivity index is -0.000000180. The largest absolute Gasteiger partial charge is 1.00 e. The summed E-state index contributed by atoms with van der Waals surface area (Å²) < 4.78 is 9.87.